The zero-order valence-electron chi connectivity index (χ0n) is 17.6. The summed E-state index contributed by atoms with van der Waals surface area (Å²) in [4.78, 5) is 13.2. The summed E-state index contributed by atoms with van der Waals surface area (Å²) < 4.78 is 37.3. The molecule has 0 aliphatic rings. The monoisotopic (exact) mass is 466 g/mol. The molecule has 9 heteroatoms. The van der Waals surface area contributed by atoms with E-state index in [0.29, 0.717) is 11.2 Å². The topological polar surface area (TPSA) is 101 Å². The molecule has 7 nitrogen and oxygen atoms in total. The quantitative estimate of drug-likeness (QED) is 0.431. The molecule has 0 bridgehead atoms. The number of rotatable bonds is 7. The fraction of sp³-hybridized carbons (Fsp3) is 0.174. The summed E-state index contributed by atoms with van der Waals surface area (Å²) >= 11 is 0.944. The van der Waals surface area contributed by atoms with Crippen molar-refractivity contribution in [3.05, 3.63) is 83.4 Å². The number of amides is 1. The van der Waals surface area contributed by atoms with Gasteiger partial charge in [0, 0.05) is 5.69 Å². The molecule has 0 saturated carbocycles. The molecule has 0 saturated heterocycles. The maximum atomic E-state index is 13.2. The molecule has 0 aliphatic heterocycles. The third kappa shape index (κ3) is 4.85. The summed E-state index contributed by atoms with van der Waals surface area (Å²) in [5, 5.41) is 2.84. The lowest BCUT2D eigenvalue weighted by Crippen LogP contribution is -2.45. The van der Waals surface area contributed by atoms with Crippen LogP contribution in [0.25, 0.3) is 11.0 Å². The van der Waals surface area contributed by atoms with Gasteiger partial charge in [0.05, 0.1) is 11.7 Å². The van der Waals surface area contributed by atoms with Gasteiger partial charge in [0.1, 0.15) is 22.0 Å². The number of hydrogen-bond donors (Lipinski definition) is 2. The van der Waals surface area contributed by atoms with Crippen molar-refractivity contribution in [3.8, 4) is 0 Å². The number of sulfonamides is 1. The van der Waals surface area contributed by atoms with E-state index in [1.807, 2.05) is 56.3 Å². The Bertz CT molecular complexity index is 1370. The summed E-state index contributed by atoms with van der Waals surface area (Å²) in [5.41, 5.74) is 4.38. The Morgan fingerprint density at radius 3 is 2.50 bits per heavy atom. The number of carbonyl (C=O) groups excluding carboxylic acids is 1. The maximum Gasteiger partial charge on any atom is 0.243 e. The van der Waals surface area contributed by atoms with Crippen LogP contribution in [0.2, 0.25) is 0 Å². The second-order valence-electron chi connectivity index (χ2n) is 7.54. The molecule has 3 aromatic carbocycles. The maximum absolute atomic E-state index is 13.2. The molecule has 0 spiro atoms. The predicted octanol–water partition coefficient (Wildman–Crippen LogP) is 3.84. The van der Waals surface area contributed by atoms with Gasteiger partial charge in [-0.3, -0.25) is 4.79 Å². The van der Waals surface area contributed by atoms with Crippen molar-refractivity contribution < 1.29 is 13.2 Å². The molecule has 0 radical (unpaired) electrons. The molecule has 0 aliphatic carbocycles. The molecular weight excluding hydrogens is 444 g/mol. The van der Waals surface area contributed by atoms with Crippen molar-refractivity contribution in [1.82, 2.24) is 13.5 Å². The summed E-state index contributed by atoms with van der Waals surface area (Å²) in [6.07, 6.45) is 0.196. The molecule has 164 valence electrons. The van der Waals surface area contributed by atoms with E-state index in [4.69, 9.17) is 0 Å². The molecule has 1 atom stereocenters. The number of aromatic nitrogens is 2. The van der Waals surface area contributed by atoms with Crippen LogP contribution in [0.4, 0.5) is 5.69 Å². The minimum Gasteiger partial charge on any atom is -0.325 e. The van der Waals surface area contributed by atoms with E-state index in [9.17, 15) is 13.2 Å². The lowest BCUT2D eigenvalue weighted by atomic mass is 10.1. The zero-order chi connectivity index (χ0) is 22.7. The van der Waals surface area contributed by atoms with E-state index >= 15 is 0 Å². The lowest BCUT2D eigenvalue weighted by Gasteiger charge is -2.19. The minimum absolute atomic E-state index is 0.000733. The number of nitrogens with one attached hydrogen (secondary N) is 2. The highest BCUT2D eigenvalue weighted by Gasteiger charge is 2.28. The summed E-state index contributed by atoms with van der Waals surface area (Å²) in [6, 6.07) is 18.6. The van der Waals surface area contributed by atoms with E-state index in [2.05, 4.69) is 18.8 Å². The summed E-state index contributed by atoms with van der Waals surface area (Å²) in [6.45, 7) is 3.94. The smallest absolute Gasteiger partial charge is 0.243 e. The second-order valence-corrected chi connectivity index (χ2v) is 9.75. The first-order valence-electron chi connectivity index (χ1n) is 9.99. The molecule has 1 aromatic heterocycles. The molecule has 2 N–H and O–H groups in total. The van der Waals surface area contributed by atoms with Gasteiger partial charge in [0.15, 0.2) is 0 Å². The Kier molecular flexibility index (Phi) is 6.31. The molecular formula is C23H22N4O3S2. The van der Waals surface area contributed by atoms with Crippen LogP contribution < -0.4 is 10.0 Å². The minimum atomic E-state index is -4.03. The Labute approximate surface area is 190 Å². The number of carbonyl (C=O) groups is 1. The third-order valence-electron chi connectivity index (χ3n) is 5.21. The Morgan fingerprint density at radius 1 is 0.969 bits per heavy atom. The molecule has 0 fully saturated rings. The number of anilines is 1. The van der Waals surface area contributed by atoms with Crippen molar-refractivity contribution >= 4 is 44.4 Å². The number of nitrogens with zero attached hydrogens (tertiary/aromatic N) is 2. The highest BCUT2D eigenvalue weighted by molar-refractivity contribution is 7.89. The van der Waals surface area contributed by atoms with Crippen LogP contribution in [0.15, 0.2) is 71.6 Å². The summed E-state index contributed by atoms with van der Waals surface area (Å²) in [7, 11) is -4.03. The van der Waals surface area contributed by atoms with Gasteiger partial charge in [-0.25, -0.2) is 8.42 Å². The van der Waals surface area contributed by atoms with Gasteiger partial charge < -0.3 is 5.32 Å². The number of fused-ring (bicyclic) bond motifs is 1. The average Bonchev–Trinajstić information content (AvgIpc) is 3.25. The molecule has 1 amide bonds. The fourth-order valence-electron chi connectivity index (χ4n) is 3.34. The van der Waals surface area contributed by atoms with Gasteiger partial charge in [0.2, 0.25) is 15.9 Å². The zero-order valence-corrected chi connectivity index (χ0v) is 19.2. The Morgan fingerprint density at radius 2 is 1.75 bits per heavy atom. The highest BCUT2D eigenvalue weighted by Crippen LogP contribution is 2.22. The average molecular weight is 467 g/mol. The van der Waals surface area contributed by atoms with Crippen LogP contribution in [-0.2, 0) is 21.2 Å². The molecule has 32 heavy (non-hydrogen) atoms. The van der Waals surface area contributed by atoms with Gasteiger partial charge in [-0.15, -0.1) is 0 Å². The number of aryl methyl sites for hydroxylation is 2. The van der Waals surface area contributed by atoms with Crippen molar-refractivity contribution in [2.45, 2.75) is 31.2 Å². The van der Waals surface area contributed by atoms with Crippen molar-refractivity contribution in [3.63, 3.8) is 0 Å². The molecule has 4 aromatic rings. The van der Waals surface area contributed by atoms with Gasteiger partial charge in [0.25, 0.3) is 0 Å². The van der Waals surface area contributed by atoms with Crippen molar-refractivity contribution in [2.75, 3.05) is 5.32 Å². The number of hydrogen-bond acceptors (Lipinski definition) is 6. The standard InChI is InChI=1S/C23H22N4O3S2/c1-15-11-12-18(13-16(15)2)24-23(28)20(14-17-7-4-3-5-8-17)27-32(29,30)21-10-6-9-19-22(21)26-31-25-19/h3-13,20,27H,14H2,1-2H3,(H,24,28)/t20-/m0/s1. The van der Waals surface area contributed by atoms with Gasteiger partial charge in [-0.2, -0.15) is 13.5 Å². The largest absolute Gasteiger partial charge is 0.325 e. The third-order valence-corrected chi connectivity index (χ3v) is 7.26. The SMILES string of the molecule is Cc1ccc(NC(=O)[C@H](Cc2ccccc2)NS(=O)(=O)c2cccc3nsnc23)cc1C. The van der Waals surface area contributed by atoms with Gasteiger partial charge in [-0.1, -0.05) is 42.5 Å². The molecule has 1 heterocycles. The second kappa shape index (κ2) is 9.15. The van der Waals surface area contributed by atoms with Crippen LogP contribution in [0.1, 0.15) is 16.7 Å². The van der Waals surface area contributed by atoms with Crippen molar-refractivity contribution in [1.29, 1.82) is 0 Å². The van der Waals surface area contributed by atoms with Crippen molar-refractivity contribution in [2.24, 2.45) is 0 Å². The van der Waals surface area contributed by atoms with Crippen LogP contribution in [0.5, 0.6) is 0 Å². The van der Waals surface area contributed by atoms with E-state index in [-0.39, 0.29) is 16.8 Å². The Balaban J connectivity index is 1.65. The van der Waals surface area contributed by atoms with Gasteiger partial charge >= 0.3 is 0 Å². The van der Waals surface area contributed by atoms with Crippen LogP contribution in [0.3, 0.4) is 0 Å². The van der Waals surface area contributed by atoms with E-state index in [1.165, 1.54) is 6.07 Å². The number of benzene rings is 3. The van der Waals surface area contributed by atoms with Crippen LogP contribution in [-0.4, -0.2) is 29.1 Å². The van der Waals surface area contributed by atoms with Crippen LogP contribution >= 0.6 is 11.7 Å². The first-order valence-corrected chi connectivity index (χ1v) is 12.2. The first-order chi connectivity index (χ1) is 15.3. The molecule has 4 rings (SSSR count). The predicted molar refractivity (Wildman–Crippen MR) is 126 cm³/mol. The Hall–Kier alpha value is -3.14. The first kappa shape index (κ1) is 22.1. The van der Waals surface area contributed by atoms with E-state index in [0.717, 1.165) is 28.4 Å². The lowest BCUT2D eigenvalue weighted by molar-refractivity contribution is -0.117. The highest BCUT2D eigenvalue weighted by atomic mass is 32.2. The van der Waals surface area contributed by atoms with E-state index in [1.54, 1.807) is 18.2 Å². The fourth-order valence-corrected chi connectivity index (χ4v) is 5.30. The van der Waals surface area contributed by atoms with Crippen LogP contribution in [0, 0.1) is 13.8 Å². The van der Waals surface area contributed by atoms with Gasteiger partial charge in [-0.05, 0) is 61.2 Å². The molecule has 0 unspecified atom stereocenters. The normalized spacial score (nSPS) is 12.6. The van der Waals surface area contributed by atoms with E-state index < -0.39 is 22.0 Å². The summed E-state index contributed by atoms with van der Waals surface area (Å²) in [5.74, 6) is -0.441.